The second kappa shape index (κ2) is 9.38. The van der Waals surface area contributed by atoms with Crippen LogP contribution < -0.4 is 4.90 Å². The normalized spacial score (nSPS) is 14.0. The van der Waals surface area contributed by atoms with Crippen LogP contribution in [0, 0.1) is 0 Å². The van der Waals surface area contributed by atoms with Crippen molar-refractivity contribution in [2.75, 3.05) is 4.90 Å². The molecule has 0 amide bonds. The van der Waals surface area contributed by atoms with Crippen molar-refractivity contribution < 1.29 is 4.42 Å². The molecule has 3 heteroatoms. The fraction of sp³-hybridized carbons (Fsp3) is 0.0698. The first-order chi connectivity index (χ1) is 22.6. The smallest absolute Gasteiger partial charge is 0.136 e. The van der Waals surface area contributed by atoms with E-state index in [0.29, 0.717) is 0 Å². The van der Waals surface area contributed by atoms with Gasteiger partial charge in [0.25, 0.3) is 0 Å². The number of furan rings is 1. The molecule has 2 nitrogen and oxygen atoms in total. The minimum Gasteiger partial charge on any atom is -0.456 e. The van der Waals surface area contributed by atoms with Crippen molar-refractivity contribution in [1.82, 2.24) is 0 Å². The molecule has 0 unspecified atom stereocenters. The second-order valence-electron chi connectivity index (χ2n) is 12.9. The molecule has 7 aromatic carbocycles. The Labute approximate surface area is 271 Å². The SMILES string of the molecule is CC1(C)c2ccccc2-c2ccc(N(c3ccccc3)c3ccc(-c4cc5oc6cccc7c6c5c5c(cccc45)S7)cc3)cc21. The van der Waals surface area contributed by atoms with E-state index >= 15 is 0 Å². The second-order valence-corrected chi connectivity index (χ2v) is 14.0. The van der Waals surface area contributed by atoms with E-state index < -0.39 is 0 Å². The number of fused-ring (bicyclic) bond motifs is 3. The van der Waals surface area contributed by atoms with Crippen molar-refractivity contribution in [2.24, 2.45) is 0 Å². The lowest BCUT2D eigenvalue weighted by Crippen LogP contribution is -2.16. The number of rotatable bonds is 4. The summed E-state index contributed by atoms with van der Waals surface area (Å²) in [6.45, 7) is 4.69. The summed E-state index contributed by atoms with van der Waals surface area (Å²) < 4.78 is 6.47. The summed E-state index contributed by atoms with van der Waals surface area (Å²) in [4.78, 5) is 4.94. The Morgan fingerprint density at radius 2 is 1.20 bits per heavy atom. The van der Waals surface area contributed by atoms with E-state index in [4.69, 9.17) is 4.42 Å². The average Bonchev–Trinajstić information content (AvgIpc) is 3.59. The number of anilines is 3. The van der Waals surface area contributed by atoms with Gasteiger partial charge in [-0.2, -0.15) is 0 Å². The molecule has 0 atom stereocenters. The van der Waals surface area contributed by atoms with Crippen LogP contribution in [0.25, 0.3) is 55.0 Å². The largest absolute Gasteiger partial charge is 0.456 e. The van der Waals surface area contributed by atoms with Crippen molar-refractivity contribution in [3.63, 3.8) is 0 Å². The lowest BCUT2D eigenvalue weighted by Gasteiger charge is -2.28. The van der Waals surface area contributed by atoms with Crippen LogP contribution in [0.3, 0.4) is 0 Å². The van der Waals surface area contributed by atoms with Gasteiger partial charge in [0.2, 0.25) is 0 Å². The Morgan fingerprint density at radius 1 is 0.500 bits per heavy atom. The van der Waals surface area contributed by atoms with E-state index in [0.717, 1.165) is 28.2 Å². The average molecular weight is 608 g/mol. The van der Waals surface area contributed by atoms with Crippen molar-refractivity contribution in [1.29, 1.82) is 0 Å². The topological polar surface area (TPSA) is 16.4 Å². The first-order valence-electron chi connectivity index (χ1n) is 15.9. The first-order valence-corrected chi connectivity index (χ1v) is 16.7. The maximum atomic E-state index is 6.47. The standard InChI is InChI=1S/C43H29NOS/c1-43(2)34-14-7-6-12-30(34)31-23-22-29(24-35(31)43)44(27-10-4-3-5-11-27)28-20-18-26(19-21-28)33-25-37-42-40-32(33)13-8-16-38(40)46-39-17-9-15-36(45-37)41(39)42/h3-25H,1-2H3. The first kappa shape index (κ1) is 26.0. The van der Waals surface area contributed by atoms with Crippen LogP contribution in [-0.4, -0.2) is 0 Å². The Hall–Kier alpha value is -5.25. The molecule has 218 valence electrons. The van der Waals surface area contributed by atoms with E-state index in [-0.39, 0.29) is 5.41 Å². The van der Waals surface area contributed by atoms with Crippen LogP contribution in [0.15, 0.2) is 154 Å². The zero-order chi connectivity index (χ0) is 30.6. The summed E-state index contributed by atoms with van der Waals surface area (Å²) in [5.41, 5.74) is 13.1. The van der Waals surface area contributed by atoms with Gasteiger partial charge in [-0.3, -0.25) is 0 Å². The summed E-state index contributed by atoms with van der Waals surface area (Å²) in [7, 11) is 0. The van der Waals surface area contributed by atoms with Crippen molar-refractivity contribution >= 4 is 61.5 Å². The highest BCUT2D eigenvalue weighted by atomic mass is 32.2. The third kappa shape index (κ3) is 3.55. The van der Waals surface area contributed by atoms with Crippen LogP contribution in [0.1, 0.15) is 25.0 Å². The van der Waals surface area contributed by atoms with Gasteiger partial charge in [0, 0.05) is 48.4 Å². The molecule has 0 radical (unpaired) electrons. The molecule has 0 bridgehead atoms. The number of benzene rings is 7. The van der Waals surface area contributed by atoms with Gasteiger partial charge in [0.1, 0.15) is 11.2 Å². The van der Waals surface area contributed by atoms with Gasteiger partial charge >= 0.3 is 0 Å². The summed E-state index contributed by atoms with van der Waals surface area (Å²) in [5, 5.41) is 5.05. The van der Waals surface area contributed by atoms with Crippen molar-refractivity contribution in [2.45, 2.75) is 29.1 Å². The summed E-state index contributed by atoms with van der Waals surface area (Å²) in [6.07, 6.45) is 0. The quantitative estimate of drug-likeness (QED) is 0.198. The maximum absolute atomic E-state index is 6.47. The van der Waals surface area contributed by atoms with Gasteiger partial charge in [0.05, 0.1) is 0 Å². The third-order valence-corrected chi connectivity index (χ3v) is 11.2. The fourth-order valence-electron chi connectivity index (χ4n) is 7.88. The molecular formula is C43H29NOS. The van der Waals surface area contributed by atoms with E-state index in [1.54, 1.807) is 0 Å². The molecule has 0 fully saturated rings. The van der Waals surface area contributed by atoms with E-state index in [1.807, 2.05) is 11.8 Å². The predicted octanol–water partition coefficient (Wildman–Crippen LogP) is 12.6. The molecule has 2 aliphatic rings. The minimum absolute atomic E-state index is 0.0645. The van der Waals surface area contributed by atoms with E-state index in [2.05, 4.69) is 158 Å². The molecule has 8 aromatic rings. The van der Waals surface area contributed by atoms with Gasteiger partial charge in [-0.15, -0.1) is 0 Å². The molecule has 0 saturated carbocycles. The highest BCUT2D eigenvalue weighted by Gasteiger charge is 2.35. The molecule has 46 heavy (non-hydrogen) atoms. The molecule has 10 rings (SSSR count). The number of hydrogen-bond donors (Lipinski definition) is 0. The highest BCUT2D eigenvalue weighted by molar-refractivity contribution is 8.00. The van der Waals surface area contributed by atoms with Gasteiger partial charge < -0.3 is 9.32 Å². The third-order valence-electron chi connectivity index (χ3n) is 10.0. The van der Waals surface area contributed by atoms with Crippen molar-refractivity contribution in [3.05, 3.63) is 151 Å². The van der Waals surface area contributed by atoms with Crippen LogP contribution in [0.4, 0.5) is 17.1 Å². The predicted molar refractivity (Wildman–Crippen MR) is 193 cm³/mol. The van der Waals surface area contributed by atoms with Crippen LogP contribution in [-0.2, 0) is 5.41 Å². The summed E-state index contributed by atoms with van der Waals surface area (Å²) in [5.74, 6) is 0. The summed E-state index contributed by atoms with van der Waals surface area (Å²) in [6, 6.07) is 50.8. The molecule has 0 N–H and O–H groups in total. The summed E-state index contributed by atoms with van der Waals surface area (Å²) >= 11 is 1.85. The Bertz CT molecular complexity index is 2520. The molecule has 1 aliphatic heterocycles. The lowest BCUT2D eigenvalue weighted by molar-refractivity contribution is 0.660. The minimum atomic E-state index is -0.0645. The molecule has 1 aliphatic carbocycles. The Balaban J connectivity index is 1.12. The van der Waals surface area contributed by atoms with Crippen LogP contribution in [0.2, 0.25) is 0 Å². The highest BCUT2D eigenvalue weighted by Crippen LogP contribution is 2.52. The monoisotopic (exact) mass is 607 g/mol. The van der Waals surface area contributed by atoms with E-state index in [1.165, 1.54) is 64.7 Å². The van der Waals surface area contributed by atoms with Crippen molar-refractivity contribution in [3.8, 4) is 22.3 Å². The number of hydrogen-bond acceptors (Lipinski definition) is 3. The Kier molecular flexibility index (Phi) is 5.31. The van der Waals surface area contributed by atoms with Gasteiger partial charge in [0.15, 0.2) is 0 Å². The maximum Gasteiger partial charge on any atom is 0.136 e. The molecule has 1 aromatic heterocycles. The van der Waals surface area contributed by atoms with Gasteiger partial charge in [-0.1, -0.05) is 104 Å². The molecule has 0 saturated heterocycles. The molecular weight excluding hydrogens is 579 g/mol. The number of para-hydroxylation sites is 1. The van der Waals surface area contributed by atoms with Crippen LogP contribution in [0.5, 0.6) is 0 Å². The van der Waals surface area contributed by atoms with Gasteiger partial charge in [-0.25, -0.2) is 0 Å². The zero-order valence-electron chi connectivity index (χ0n) is 25.5. The van der Waals surface area contributed by atoms with E-state index in [9.17, 15) is 0 Å². The Morgan fingerprint density at radius 3 is 2.04 bits per heavy atom. The fourth-order valence-corrected chi connectivity index (χ4v) is 9.03. The zero-order valence-corrected chi connectivity index (χ0v) is 26.4. The lowest BCUT2D eigenvalue weighted by atomic mass is 9.82. The molecule has 2 heterocycles. The van der Waals surface area contributed by atoms with Gasteiger partial charge in [-0.05, 0) is 99.4 Å². The molecule has 0 spiro atoms. The van der Waals surface area contributed by atoms with Crippen LogP contribution >= 0.6 is 11.8 Å². The number of nitrogens with zero attached hydrogens (tertiary/aromatic N) is 1.